The lowest BCUT2D eigenvalue weighted by Gasteiger charge is -2.21. The van der Waals surface area contributed by atoms with Gasteiger partial charge in [0.2, 0.25) is 11.8 Å². The molecule has 6 nitrogen and oxygen atoms in total. The van der Waals surface area contributed by atoms with Crippen LogP contribution in [0.25, 0.3) is 0 Å². The minimum Gasteiger partial charge on any atom is -0.481 e. The lowest BCUT2D eigenvalue weighted by atomic mass is 9.86. The fourth-order valence-electron chi connectivity index (χ4n) is 5.19. The van der Waals surface area contributed by atoms with Crippen molar-refractivity contribution in [3.8, 4) is 0 Å². The molecular formula is C29H36N2O4. The standard InChI is InChI=1S/C29H36N2O4/c32-27(33)19-23-15-9-16-24(25(23)18-22-13-5-2-6-14-22)29-31-26(20-35-29)28(34)30-17-8-7-12-21-10-3-1-4-11-21/h2,5-6,9,13-16,21,26H,1,3-4,7-8,10-12,17-20H2,(H,30,34)(H,32,33). The van der Waals surface area contributed by atoms with Gasteiger partial charge in [0, 0.05) is 12.1 Å². The smallest absolute Gasteiger partial charge is 0.307 e. The summed E-state index contributed by atoms with van der Waals surface area (Å²) >= 11 is 0. The van der Waals surface area contributed by atoms with Crippen LogP contribution in [0.5, 0.6) is 0 Å². The number of benzene rings is 2. The SMILES string of the molecule is O=C(O)Cc1cccc(C2=NC(C(=O)NCCCCC3CCCCC3)CO2)c1Cc1ccccc1. The van der Waals surface area contributed by atoms with E-state index < -0.39 is 12.0 Å². The van der Waals surface area contributed by atoms with Crippen molar-refractivity contribution in [1.29, 1.82) is 0 Å². The Labute approximate surface area is 207 Å². The molecule has 1 atom stereocenters. The van der Waals surface area contributed by atoms with Crippen molar-refractivity contribution in [1.82, 2.24) is 5.32 Å². The van der Waals surface area contributed by atoms with Crippen molar-refractivity contribution in [3.05, 3.63) is 70.8 Å². The van der Waals surface area contributed by atoms with E-state index in [1.165, 1.54) is 38.5 Å². The molecule has 1 aliphatic carbocycles. The Bertz CT molecular complexity index is 1030. The van der Waals surface area contributed by atoms with E-state index in [0.29, 0.717) is 18.9 Å². The van der Waals surface area contributed by atoms with Gasteiger partial charge in [-0.1, -0.05) is 87.4 Å². The first-order chi connectivity index (χ1) is 17.1. The van der Waals surface area contributed by atoms with Crippen molar-refractivity contribution < 1.29 is 19.4 Å². The second-order valence-electron chi connectivity index (χ2n) is 9.73. The summed E-state index contributed by atoms with van der Waals surface area (Å²) in [5.74, 6) is 0.299. The monoisotopic (exact) mass is 476 g/mol. The van der Waals surface area contributed by atoms with Crippen molar-refractivity contribution >= 4 is 17.8 Å². The highest BCUT2D eigenvalue weighted by atomic mass is 16.5. The lowest BCUT2D eigenvalue weighted by Crippen LogP contribution is -2.34. The number of rotatable bonds is 11. The molecule has 0 spiro atoms. The van der Waals surface area contributed by atoms with Gasteiger partial charge in [-0.2, -0.15) is 0 Å². The molecule has 0 bridgehead atoms. The highest BCUT2D eigenvalue weighted by Gasteiger charge is 2.28. The van der Waals surface area contributed by atoms with Crippen molar-refractivity contribution in [2.24, 2.45) is 10.9 Å². The fraction of sp³-hybridized carbons (Fsp3) is 0.483. The Kier molecular flexibility index (Phi) is 8.93. The summed E-state index contributed by atoms with van der Waals surface area (Å²) in [4.78, 5) is 28.8. The highest BCUT2D eigenvalue weighted by Crippen LogP contribution is 2.27. The second kappa shape index (κ2) is 12.5. The maximum atomic E-state index is 12.7. The largest absolute Gasteiger partial charge is 0.481 e. The van der Waals surface area contributed by atoms with Crippen LogP contribution in [0, 0.1) is 5.92 Å². The fourth-order valence-corrected chi connectivity index (χ4v) is 5.19. The molecule has 2 aromatic carbocycles. The van der Waals surface area contributed by atoms with Gasteiger partial charge in [-0.25, -0.2) is 4.99 Å². The van der Waals surface area contributed by atoms with E-state index in [1.807, 2.05) is 48.5 Å². The highest BCUT2D eigenvalue weighted by molar-refractivity contribution is 6.00. The van der Waals surface area contributed by atoms with Crippen LogP contribution in [0.1, 0.15) is 73.6 Å². The number of carboxylic acid groups (broad SMARTS) is 1. The van der Waals surface area contributed by atoms with E-state index in [0.717, 1.165) is 41.0 Å². The van der Waals surface area contributed by atoms with E-state index in [-0.39, 0.29) is 18.9 Å². The zero-order chi connectivity index (χ0) is 24.5. The zero-order valence-electron chi connectivity index (χ0n) is 20.4. The number of nitrogens with zero attached hydrogens (tertiary/aromatic N) is 1. The molecule has 1 heterocycles. The third-order valence-electron chi connectivity index (χ3n) is 7.09. The van der Waals surface area contributed by atoms with Gasteiger partial charge >= 0.3 is 5.97 Å². The summed E-state index contributed by atoms with van der Waals surface area (Å²) in [5.41, 5.74) is 3.45. The summed E-state index contributed by atoms with van der Waals surface area (Å²) in [6.45, 7) is 0.872. The van der Waals surface area contributed by atoms with E-state index >= 15 is 0 Å². The van der Waals surface area contributed by atoms with Crippen LogP contribution in [0.15, 0.2) is 53.5 Å². The minimum atomic E-state index is -0.883. The topological polar surface area (TPSA) is 88.0 Å². The Morgan fingerprint density at radius 2 is 1.80 bits per heavy atom. The van der Waals surface area contributed by atoms with Gasteiger partial charge in [-0.15, -0.1) is 0 Å². The number of carbonyl (C=O) groups excluding carboxylic acids is 1. The molecule has 0 saturated heterocycles. The first kappa shape index (κ1) is 25.0. The average molecular weight is 477 g/mol. The molecule has 0 aromatic heterocycles. The van der Waals surface area contributed by atoms with E-state index in [1.54, 1.807) is 0 Å². The first-order valence-corrected chi connectivity index (χ1v) is 13.0. The summed E-state index contributed by atoms with van der Waals surface area (Å²) in [5, 5.41) is 12.4. The number of aliphatic carboxylic acids is 1. The van der Waals surface area contributed by atoms with Crippen molar-refractivity contribution in [3.63, 3.8) is 0 Å². The van der Waals surface area contributed by atoms with Crippen LogP contribution in [-0.4, -0.2) is 42.1 Å². The van der Waals surface area contributed by atoms with Crippen molar-refractivity contribution in [2.75, 3.05) is 13.2 Å². The minimum absolute atomic E-state index is 0.0753. The van der Waals surface area contributed by atoms with Gasteiger partial charge in [0.15, 0.2) is 6.04 Å². The van der Waals surface area contributed by atoms with Gasteiger partial charge in [0.1, 0.15) is 6.61 Å². The predicted octanol–water partition coefficient (Wildman–Crippen LogP) is 4.92. The number of carboxylic acids is 1. The molecule has 35 heavy (non-hydrogen) atoms. The van der Waals surface area contributed by atoms with Gasteiger partial charge in [-0.05, 0) is 41.5 Å². The number of carbonyl (C=O) groups is 2. The third-order valence-corrected chi connectivity index (χ3v) is 7.09. The molecule has 0 radical (unpaired) electrons. The number of unbranched alkanes of at least 4 members (excludes halogenated alkanes) is 1. The summed E-state index contributed by atoms with van der Waals surface area (Å²) in [6, 6.07) is 14.9. The molecular weight excluding hydrogens is 440 g/mol. The quantitative estimate of drug-likeness (QED) is 0.451. The summed E-state index contributed by atoms with van der Waals surface area (Å²) < 4.78 is 5.86. The van der Waals surface area contributed by atoms with Crippen LogP contribution in [-0.2, 0) is 27.2 Å². The zero-order valence-corrected chi connectivity index (χ0v) is 20.4. The van der Waals surface area contributed by atoms with Crippen LogP contribution in [0.4, 0.5) is 0 Å². The van der Waals surface area contributed by atoms with Crippen LogP contribution in [0.2, 0.25) is 0 Å². The third kappa shape index (κ3) is 7.17. The van der Waals surface area contributed by atoms with Crippen LogP contribution >= 0.6 is 0 Å². The number of ether oxygens (including phenoxy) is 1. The van der Waals surface area contributed by atoms with Gasteiger partial charge in [-0.3, -0.25) is 9.59 Å². The molecule has 186 valence electrons. The number of nitrogens with one attached hydrogen (secondary N) is 1. The lowest BCUT2D eigenvalue weighted by molar-refractivity contribution is -0.136. The molecule has 1 saturated carbocycles. The number of amides is 1. The Balaban J connectivity index is 1.38. The number of hydrogen-bond acceptors (Lipinski definition) is 4. The van der Waals surface area contributed by atoms with Crippen LogP contribution in [0.3, 0.4) is 0 Å². The Morgan fingerprint density at radius 3 is 2.57 bits per heavy atom. The molecule has 6 heteroatoms. The van der Waals surface area contributed by atoms with E-state index in [4.69, 9.17) is 4.74 Å². The normalized spacial score (nSPS) is 18.1. The van der Waals surface area contributed by atoms with E-state index in [2.05, 4.69) is 10.3 Å². The Morgan fingerprint density at radius 1 is 1.00 bits per heavy atom. The predicted molar refractivity (Wildman–Crippen MR) is 137 cm³/mol. The molecule has 2 aliphatic rings. The number of aliphatic imine (C=N–C) groups is 1. The van der Waals surface area contributed by atoms with Gasteiger partial charge in [0.05, 0.1) is 6.42 Å². The van der Waals surface area contributed by atoms with Crippen LogP contribution < -0.4 is 5.32 Å². The summed E-state index contributed by atoms with van der Waals surface area (Å²) in [6.07, 6.45) is 10.8. The molecule has 2 N–H and O–H groups in total. The summed E-state index contributed by atoms with van der Waals surface area (Å²) in [7, 11) is 0. The molecule has 4 rings (SSSR count). The van der Waals surface area contributed by atoms with Gasteiger partial charge < -0.3 is 15.2 Å². The maximum Gasteiger partial charge on any atom is 0.307 e. The Hall–Kier alpha value is -3.15. The maximum absolute atomic E-state index is 12.7. The molecule has 1 aliphatic heterocycles. The van der Waals surface area contributed by atoms with E-state index in [9.17, 15) is 14.7 Å². The second-order valence-corrected chi connectivity index (χ2v) is 9.73. The number of hydrogen-bond donors (Lipinski definition) is 2. The molecule has 1 unspecified atom stereocenters. The first-order valence-electron chi connectivity index (χ1n) is 13.0. The molecule has 1 amide bonds. The molecule has 1 fully saturated rings. The molecule has 2 aromatic rings. The van der Waals surface area contributed by atoms with Crippen molar-refractivity contribution in [2.45, 2.75) is 70.3 Å². The van der Waals surface area contributed by atoms with Gasteiger partial charge in [0.25, 0.3) is 0 Å². The average Bonchev–Trinajstić information content (AvgIpc) is 3.36.